The average molecular weight is 246 g/mol. The summed E-state index contributed by atoms with van der Waals surface area (Å²) in [7, 11) is 3.28. The molecule has 1 aliphatic carbocycles. The summed E-state index contributed by atoms with van der Waals surface area (Å²) < 4.78 is 10.5. The summed E-state index contributed by atoms with van der Waals surface area (Å²) >= 11 is 0. The van der Waals surface area contributed by atoms with Crippen LogP contribution in [0.2, 0.25) is 0 Å². The van der Waals surface area contributed by atoms with Gasteiger partial charge in [-0.05, 0) is 42.0 Å². The molecule has 0 radical (unpaired) electrons. The van der Waals surface area contributed by atoms with Crippen molar-refractivity contribution in [3.05, 3.63) is 35.9 Å². The first-order valence-electron chi connectivity index (χ1n) is 6.08. The third kappa shape index (κ3) is 2.55. The highest BCUT2D eigenvalue weighted by atomic mass is 16.5. The topological polar surface area (TPSA) is 35.5 Å². The quantitative estimate of drug-likeness (QED) is 0.769. The van der Waals surface area contributed by atoms with E-state index in [2.05, 4.69) is 6.58 Å². The molecule has 0 spiro atoms. The van der Waals surface area contributed by atoms with Gasteiger partial charge in [0.15, 0.2) is 5.78 Å². The Balaban J connectivity index is 2.27. The summed E-state index contributed by atoms with van der Waals surface area (Å²) in [6.45, 7) is 3.84. The zero-order chi connectivity index (χ0) is 13.1. The smallest absolute Gasteiger partial charge is 0.158 e. The monoisotopic (exact) mass is 246 g/mol. The van der Waals surface area contributed by atoms with Crippen molar-refractivity contribution in [2.45, 2.75) is 25.2 Å². The van der Waals surface area contributed by atoms with Crippen LogP contribution in [0.15, 0.2) is 30.4 Å². The molecule has 0 N–H and O–H groups in total. The molecule has 0 saturated heterocycles. The molecule has 1 saturated carbocycles. The third-order valence-corrected chi connectivity index (χ3v) is 3.45. The van der Waals surface area contributed by atoms with Crippen LogP contribution in [0, 0.1) is 0 Å². The fraction of sp³-hybridized carbons (Fsp3) is 0.400. The molecule has 2 rings (SSSR count). The number of rotatable bonds is 3. The van der Waals surface area contributed by atoms with Gasteiger partial charge < -0.3 is 9.47 Å². The van der Waals surface area contributed by atoms with E-state index in [0.717, 1.165) is 35.5 Å². The molecule has 0 aliphatic heterocycles. The minimum atomic E-state index is 0.195. The van der Waals surface area contributed by atoms with Crippen molar-refractivity contribution >= 4 is 5.78 Å². The van der Waals surface area contributed by atoms with Crippen LogP contribution in [-0.4, -0.2) is 20.0 Å². The number of hydrogen-bond donors (Lipinski definition) is 0. The van der Waals surface area contributed by atoms with Gasteiger partial charge in [-0.15, -0.1) is 0 Å². The number of carbonyl (C=O) groups is 1. The van der Waals surface area contributed by atoms with Gasteiger partial charge in [0.05, 0.1) is 14.2 Å². The Morgan fingerprint density at radius 2 is 1.78 bits per heavy atom. The number of methoxy groups -OCH3 is 2. The lowest BCUT2D eigenvalue weighted by Crippen LogP contribution is -2.15. The van der Waals surface area contributed by atoms with E-state index in [4.69, 9.17) is 9.47 Å². The maximum atomic E-state index is 11.5. The van der Waals surface area contributed by atoms with Gasteiger partial charge in [-0.3, -0.25) is 4.79 Å². The largest absolute Gasteiger partial charge is 0.497 e. The Morgan fingerprint density at radius 1 is 1.17 bits per heavy atom. The number of hydrogen-bond acceptors (Lipinski definition) is 3. The molecule has 1 aromatic carbocycles. The number of ether oxygens (including phenoxy) is 2. The van der Waals surface area contributed by atoms with Crippen LogP contribution in [0.1, 0.15) is 30.7 Å². The highest BCUT2D eigenvalue weighted by Crippen LogP contribution is 2.36. The van der Waals surface area contributed by atoms with Gasteiger partial charge in [0.1, 0.15) is 11.5 Å². The van der Waals surface area contributed by atoms with Crippen LogP contribution in [0.3, 0.4) is 0 Å². The predicted molar refractivity (Wildman–Crippen MR) is 70.3 cm³/mol. The molecule has 0 bridgehead atoms. The van der Waals surface area contributed by atoms with Gasteiger partial charge in [-0.25, -0.2) is 0 Å². The van der Waals surface area contributed by atoms with Crippen molar-refractivity contribution in [3.63, 3.8) is 0 Å². The summed E-state index contributed by atoms with van der Waals surface area (Å²) in [6.07, 6.45) is 2.19. The van der Waals surface area contributed by atoms with E-state index >= 15 is 0 Å². The lowest BCUT2D eigenvalue weighted by molar-refractivity contribution is -0.116. The van der Waals surface area contributed by atoms with Gasteiger partial charge in [-0.1, -0.05) is 6.58 Å². The van der Waals surface area contributed by atoms with Crippen molar-refractivity contribution in [2.75, 3.05) is 14.2 Å². The van der Waals surface area contributed by atoms with E-state index in [0.29, 0.717) is 12.3 Å². The van der Waals surface area contributed by atoms with E-state index in [1.165, 1.54) is 0 Å². The fourth-order valence-electron chi connectivity index (χ4n) is 2.35. The first kappa shape index (κ1) is 12.7. The standard InChI is InChI=1S/C15H18O3/c1-10-6-11(4-5-15(10)16)12-7-13(17-2)9-14(8-12)18-3/h7-9,11H,1,4-6H2,2-3H3. The maximum Gasteiger partial charge on any atom is 0.158 e. The molecule has 1 aliphatic rings. The number of carbonyl (C=O) groups excluding carboxylic acids is 1. The Labute approximate surface area is 107 Å². The molecule has 0 aromatic heterocycles. The first-order valence-corrected chi connectivity index (χ1v) is 6.08. The van der Waals surface area contributed by atoms with Gasteiger partial charge in [0.25, 0.3) is 0 Å². The highest BCUT2D eigenvalue weighted by Gasteiger charge is 2.24. The summed E-state index contributed by atoms with van der Waals surface area (Å²) in [5, 5.41) is 0. The second kappa shape index (κ2) is 5.25. The molecule has 3 nitrogen and oxygen atoms in total. The lowest BCUT2D eigenvalue weighted by Gasteiger charge is -2.23. The summed E-state index contributed by atoms with van der Waals surface area (Å²) in [4.78, 5) is 11.5. The van der Waals surface area contributed by atoms with Crippen molar-refractivity contribution in [1.82, 2.24) is 0 Å². The van der Waals surface area contributed by atoms with Gasteiger partial charge in [0.2, 0.25) is 0 Å². The summed E-state index contributed by atoms with van der Waals surface area (Å²) in [6, 6.07) is 5.87. The van der Waals surface area contributed by atoms with Crippen LogP contribution in [-0.2, 0) is 4.79 Å². The van der Waals surface area contributed by atoms with Crippen molar-refractivity contribution in [2.24, 2.45) is 0 Å². The molecule has 18 heavy (non-hydrogen) atoms. The SMILES string of the molecule is C=C1CC(c2cc(OC)cc(OC)c2)CCC1=O. The second-order valence-electron chi connectivity index (χ2n) is 4.61. The Hall–Kier alpha value is -1.77. The average Bonchev–Trinajstić information content (AvgIpc) is 2.41. The minimum Gasteiger partial charge on any atom is -0.497 e. The van der Waals surface area contributed by atoms with Gasteiger partial charge in [0, 0.05) is 12.5 Å². The zero-order valence-corrected chi connectivity index (χ0v) is 10.9. The normalized spacial score (nSPS) is 19.8. The lowest BCUT2D eigenvalue weighted by atomic mass is 9.81. The molecular weight excluding hydrogens is 228 g/mol. The van der Waals surface area contributed by atoms with Gasteiger partial charge >= 0.3 is 0 Å². The molecule has 1 aromatic rings. The zero-order valence-electron chi connectivity index (χ0n) is 10.9. The second-order valence-corrected chi connectivity index (χ2v) is 4.61. The fourth-order valence-corrected chi connectivity index (χ4v) is 2.35. The molecule has 1 fully saturated rings. The van der Waals surface area contributed by atoms with Crippen LogP contribution in [0.4, 0.5) is 0 Å². The predicted octanol–water partition coefficient (Wildman–Crippen LogP) is 3.10. The molecule has 3 heteroatoms. The van der Waals surface area contributed by atoms with Crippen LogP contribution in [0.5, 0.6) is 11.5 Å². The first-order chi connectivity index (χ1) is 8.63. The summed E-state index contributed by atoms with van der Waals surface area (Å²) in [5.74, 6) is 2.10. The Bertz CT molecular complexity index is 454. The molecule has 1 unspecified atom stereocenters. The van der Waals surface area contributed by atoms with Crippen LogP contribution >= 0.6 is 0 Å². The maximum absolute atomic E-state index is 11.5. The van der Waals surface area contributed by atoms with E-state index < -0.39 is 0 Å². The molecular formula is C15H18O3. The molecule has 96 valence electrons. The van der Waals surface area contributed by atoms with Crippen molar-refractivity contribution in [3.8, 4) is 11.5 Å². The molecule has 1 atom stereocenters. The highest BCUT2D eigenvalue weighted by molar-refractivity contribution is 5.95. The van der Waals surface area contributed by atoms with Crippen LogP contribution in [0.25, 0.3) is 0 Å². The van der Waals surface area contributed by atoms with E-state index in [9.17, 15) is 4.79 Å². The van der Waals surface area contributed by atoms with Crippen molar-refractivity contribution in [1.29, 1.82) is 0 Å². The number of allylic oxidation sites excluding steroid dienone is 1. The number of ketones is 1. The van der Waals surface area contributed by atoms with Crippen molar-refractivity contribution < 1.29 is 14.3 Å². The Morgan fingerprint density at radius 3 is 2.28 bits per heavy atom. The van der Waals surface area contributed by atoms with Gasteiger partial charge in [-0.2, -0.15) is 0 Å². The third-order valence-electron chi connectivity index (χ3n) is 3.45. The summed E-state index contributed by atoms with van der Waals surface area (Å²) in [5.41, 5.74) is 1.88. The molecule has 0 amide bonds. The van der Waals surface area contributed by atoms with E-state index in [1.807, 2.05) is 18.2 Å². The number of Topliss-reactive ketones (excluding diaryl/α,β-unsaturated/α-hetero) is 1. The van der Waals surface area contributed by atoms with Crippen LogP contribution < -0.4 is 9.47 Å². The van der Waals surface area contributed by atoms with E-state index in [-0.39, 0.29) is 5.78 Å². The minimum absolute atomic E-state index is 0.195. The van der Waals surface area contributed by atoms with E-state index in [1.54, 1.807) is 14.2 Å². The molecule has 0 heterocycles. The number of benzene rings is 1. The Kier molecular flexibility index (Phi) is 3.70.